The molecule has 2 rings (SSSR count). The molecule has 1 aliphatic rings. The molecule has 1 aliphatic heterocycles. The smallest absolute Gasteiger partial charge is 0.146 e. The van der Waals surface area contributed by atoms with Crippen LogP contribution in [0.15, 0.2) is 12.1 Å². The minimum absolute atomic E-state index is 0.240. The molecule has 19 heavy (non-hydrogen) atoms. The molecule has 1 aromatic rings. The fourth-order valence-electron chi connectivity index (χ4n) is 2.59. The van der Waals surface area contributed by atoms with Gasteiger partial charge in [-0.1, -0.05) is 6.92 Å². The molecule has 1 fully saturated rings. The molecule has 0 aliphatic carbocycles. The number of piperidine rings is 1. The van der Waals surface area contributed by atoms with Crippen LogP contribution < -0.4 is 5.32 Å². The molecule has 0 aromatic heterocycles. The highest BCUT2D eigenvalue weighted by molar-refractivity contribution is 5.47. The summed E-state index contributed by atoms with van der Waals surface area (Å²) in [7, 11) is 0. The first-order valence-corrected chi connectivity index (χ1v) is 7.04. The van der Waals surface area contributed by atoms with Crippen molar-refractivity contribution in [1.82, 2.24) is 4.90 Å². The summed E-state index contributed by atoms with van der Waals surface area (Å²) in [5.74, 6) is -0.720. The summed E-state index contributed by atoms with van der Waals surface area (Å²) in [5.41, 5.74) is 0.637. The van der Waals surface area contributed by atoms with Crippen molar-refractivity contribution in [2.45, 2.75) is 39.2 Å². The van der Waals surface area contributed by atoms with Crippen LogP contribution in [0.2, 0.25) is 0 Å². The summed E-state index contributed by atoms with van der Waals surface area (Å²) >= 11 is 0. The molecule has 1 N–H and O–H groups in total. The van der Waals surface area contributed by atoms with Crippen LogP contribution in [0.25, 0.3) is 0 Å². The molecule has 2 nitrogen and oxygen atoms in total. The topological polar surface area (TPSA) is 15.3 Å². The van der Waals surface area contributed by atoms with E-state index >= 15 is 0 Å². The molecule has 0 unspecified atom stereocenters. The van der Waals surface area contributed by atoms with Crippen molar-refractivity contribution in [3.8, 4) is 0 Å². The number of rotatable bonds is 4. The molecule has 1 saturated heterocycles. The molecule has 1 heterocycles. The number of hydrogen-bond acceptors (Lipinski definition) is 2. The highest BCUT2D eigenvalue weighted by Crippen LogP contribution is 2.22. The van der Waals surface area contributed by atoms with Gasteiger partial charge in [0, 0.05) is 25.2 Å². The summed E-state index contributed by atoms with van der Waals surface area (Å²) in [4.78, 5) is 2.42. The zero-order chi connectivity index (χ0) is 13.8. The van der Waals surface area contributed by atoms with Crippen LogP contribution in [0, 0.1) is 18.6 Å². The van der Waals surface area contributed by atoms with Gasteiger partial charge in [-0.3, -0.25) is 0 Å². The van der Waals surface area contributed by atoms with Gasteiger partial charge in [0.2, 0.25) is 0 Å². The van der Waals surface area contributed by atoms with Crippen LogP contribution in [-0.4, -0.2) is 30.6 Å². The maximum atomic E-state index is 13.7. The second kappa shape index (κ2) is 6.33. The summed E-state index contributed by atoms with van der Waals surface area (Å²) < 4.78 is 27.2. The molecule has 0 radical (unpaired) electrons. The number of anilines is 1. The Morgan fingerprint density at radius 1 is 1.21 bits per heavy atom. The third kappa shape index (κ3) is 3.66. The number of aryl methyl sites for hydroxylation is 1. The molecule has 0 bridgehead atoms. The maximum Gasteiger partial charge on any atom is 0.146 e. The molecular formula is C15H22F2N2. The summed E-state index contributed by atoms with van der Waals surface area (Å²) in [6.07, 6.45) is 3.12. The number of likely N-dealkylation sites (tertiary alicyclic amines) is 1. The van der Waals surface area contributed by atoms with Crippen LogP contribution in [-0.2, 0) is 0 Å². The van der Waals surface area contributed by atoms with Crippen molar-refractivity contribution in [1.29, 1.82) is 0 Å². The van der Waals surface area contributed by atoms with Crippen molar-refractivity contribution < 1.29 is 8.78 Å². The first-order chi connectivity index (χ1) is 9.10. The lowest BCUT2D eigenvalue weighted by molar-refractivity contribution is 0.219. The van der Waals surface area contributed by atoms with Gasteiger partial charge in [-0.05, 0) is 44.4 Å². The van der Waals surface area contributed by atoms with Crippen molar-refractivity contribution >= 4 is 5.69 Å². The van der Waals surface area contributed by atoms with Gasteiger partial charge in [-0.2, -0.15) is 0 Å². The largest absolute Gasteiger partial charge is 0.380 e. The van der Waals surface area contributed by atoms with Gasteiger partial charge in [0.1, 0.15) is 11.6 Å². The van der Waals surface area contributed by atoms with Crippen LogP contribution in [0.1, 0.15) is 31.7 Å². The maximum absolute atomic E-state index is 13.7. The van der Waals surface area contributed by atoms with Crippen molar-refractivity contribution in [3.05, 3.63) is 29.3 Å². The van der Waals surface area contributed by atoms with Gasteiger partial charge < -0.3 is 10.2 Å². The Hall–Kier alpha value is -1.16. The molecular weight excluding hydrogens is 246 g/mol. The van der Waals surface area contributed by atoms with E-state index in [4.69, 9.17) is 0 Å². The summed E-state index contributed by atoms with van der Waals surface area (Å²) in [6.45, 7) is 6.93. The standard InChI is InChI=1S/C15H22F2N2/c1-3-6-19-7-4-12(5-8-19)18-15-10-13(16)11(2)9-14(15)17/h9-10,12,18H,3-8H2,1-2H3. The van der Waals surface area contributed by atoms with E-state index in [1.165, 1.54) is 12.1 Å². The SMILES string of the molecule is CCCN1CCC(Nc2cc(F)c(C)cc2F)CC1. The molecule has 0 amide bonds. The Morgan fingerprint density at radius 2 is 1.89 bits per heavy atom. The lowest BCUT2D eigenvalue weighted by atomic mass is 10.0. The van der Waals surface area contributed by atoms with Gasteiger partial charge in [0.15, 0.2) is 0 Å². The fraction of sp³-hybridized carbons (Fsp3) is 0.600. The van der Waals surface area contributed by atoms with E-state index in [0.29, 0.717) is 5.56 Å². The minimum Gasteiger partial charge on any atom is -0.380 e. The van der Waals surface area contributed by atoms with Crippen molar-refractivity contribution in [2.24, 2.45) is 0 Å². The highest BCUT2D eigenvalue weighted by Gasteiger charge is 2.19. The normalized spacial score (nSPS) is 17.7. The zero-order valence-electron chi connectivity index (χ0n) is 11.7. The Kier molecular flexibility index (Phi) is 4.75. The van der Waals surface area contributed by atoms with Gasteiger partial charge in [0.25, 0.3) is 0 Å². The van der Waals surface area contributed by atoms with Gasteiger partial charge >= 0.3 is 0 Å². The Balaban J connectivity index is 1.94. The van der Waals surface area contributed by atoms with E-state index in [1.54, 1.807) is 6.92 Å². The fourth-order valence-corrected chi connectivity index (χ4v) is 2.59. The van der Waals surface area contributed by atoms with E-state index in [0.717, 1.165) is 38.9 Å². The third-order valence-corrected chi connectivity index (χ3v) is 3.74. The summed E-state index contributed by atoms with van der Waals surface area (Å²) in [6, 6.07) is 2.76. The number of benzene rings is 1. The molecule has 0 saturated carbocycles. The lowest BCUT2D eigenvalue weighted by Gasteiger charge is -2.32. The Labute approximate surface area is 113 Å². The van der Waals surface area contributed by atoms with Crippen LogP contribution in [0.4, 0.5) is 14.5 Å². The second-order valence-corrected chi connectivity index (χ2v) is 5.34. The Morgan fingerprint density at radius 3 is 2.53 bits per heavy atom. The third-order valence-electron chi connectivity index (χ3n) is 3.74. The van der Waals surface area contributed by atoms with Gasteiger partial charge in [-0.15, -0.1) is 0 Å². The van der Waals surface area contributed by atoms with Crippen LogP contribution in [0.5, 0.6) is 0 Å². The molecule has 106 valence electrons. The van der Waals surface area contributed by atoms with E-state index in [-0.39, 0.29) is 23.4 Å². The van der Waals surface area contributed by atoms with E-state index in [9.17, 15) is 8.78 Å². The molecule has 0 spiro atoms. The summed E-state index contributed by atoms with van der Waals surface area (Å²) in [5, 5.41) is 3.14. The van der Waals surface area contributed by atoms with E-state index in [2.05, 4.69) is 17.1 Å². The predicted molar refractivity (Wildman–Crippen MR) is 74.5 cm³/mol. The number of nitrogens with zero attached hydrogens (tertiary/aromatic N) is 1. The quantitative estimate of drug-likeness (QED) is 0.898. The highest BCUT2D eigenvalue weighted by atomic mass is 19.1. The number of halogens is 2. The second-order valence-electron chi connectivity index (χ2n) is 5.34. The van der Waals surface area contributed by atoms with Crippen molar-refractivity contribution in [2.75, 3.05) is 25.0 Å². The van der Waals surface area contributed by atoms with Crippen LogP contribution >= 0.6 is 0 Å². The first kappa shape index (κ1) is 14.3. The molecule has 0 atom stereocenters. The monoisotopic (exact) mass is 268 g/mol. The predicted octanol–water partition coefficient (Wildman–Crippen LogP) is 3.56. The van der Waals surface area contributed by atoms with Crippen LogP contribution in [0.3, 0.4) is 0 Å². The van der Waals surface area contributed by atoms with E-state index < -0.39 is 0 Å². The Bertz CT molecular complexity index is 426. The molecule has 1 aromatic carbocycles. The minimum atomic E-state index is -0.366. The number of hydrogen-bond donors (Lipinski definition) is 1. The first-order valence-electron chi connectivity index (χ1n) is 7.04. The number of nitrogens with one attached hydrogen (secondary N) is 1. The lowest BCUT2D eigenvalue weighted by Crippen LogP contribution is -2.39. The average molecular weight is 268 g/mol. The average Bonchev–Trinajstić information content (AvgIpc) is 2.38. The van der Waals surface area contributed by atoms with Crippen molar-refractivity contribution in [3.63, 3.8) is 0 Å². The van der Waals surface area contributed by atoms with Gasteiger partial charge in [0.05, 0.1) is 5.69 Å². The molecule has 4 heteroatoms. The van der Waals surface area contributed by atoms with Gasteiger partial charge in [-0.25, -0.2) is 8.78 Å². The van der Waals surface area contributed by atoms with E-state index in [1.807, 2.05) is 0 Å². The zero-order valence-corrected chi connectivity index (χ0v) is 11.7.